The first-order valence-electron chi connectivity index (χ1n) is 12.3. The fraction of sp³-hybridized carbons (Fsp3) is 0.379. The van der Waals surface area contributed by atoms with Crippen molar-refractivity contribution in [2.75, 3.05) is 7.11 Å². The minimum atomic E-state index is -1.04. The molecule has 0 bridgehead atoms. The Morgan fingerprint density at radius 1 is 0.914 bits per heavy atom. The highest BCUT2D eigenvalue weighted by Gasteiger charge is 2.32. The van der Waals surface area contributed by atoms with Crippen molar-refractivity contribution >= 4 is 22.7 Å². The van der Waals surface area contributed by atoms with Gasteiger partial charge in [-0.3, -0.25) is 4.79 Å². The maximum absolute atomic E-state index is 12.8. The molecule has 6 heteroatoms. The second kappa shape index (κ2) is 9.98. The van der Waals surface area contributed by atoms with Crippen LogP contribution in [0.3, 0.4) is 0 Å². The third-order valence-corrected chi connectivity index (χ3v) is 7.13. The molecule has 0 atom stereocenters. The number of carbonyl (C=O) groups excluding carboxylic acids is 1. The Labute approximate surface area is 204 Å². The molecule has 1 N–H and O–H groups in total. The second-order valence-corrected chi connectivity index (χ2v) is 9.51. The predicted molar refractivity (Wildman–Crippen MR) is 132 cm³/mol. The molecule has 3 aromatic carbocycles. The van der Waals surface area contributed by atoms with Crippen LogP contribution in [0, 0.1) is 5.92 Å². The second-order valence-electron chi connectivity index (χ2n) is 9.51. The van der Waals surface area contributed by atoms with E-state index >= 15 is 0 Å². The van der Waals surface area contributed by atoms with Crippen LogP contribution in [-0.4, -0.2) is 30.3 Å². The standard InChI is InChI=1S/C29H30O6/c1-33-26-15-24(19-9-10-19)27(16-25(26)28(30)31)35-22-13-11-20(12-14-22)29(32)34-17-21-7-4-6-18-5-2-3-8-23(18)21/h2-8,15-16,19-20,22H,9-14,17H2,1H3,(H,30,31). The van der Waals surface area contributed by atoms with Crippen molar-refractivity contribution in [1.82, 2.24) is 0 Å². The summed E-state index contributed by atoms with van der Waals surface area (Å²) in [4.78, 5) is 24.5. The van der Waals surface area contributed by atoms with E-state index in [1.165, 1.54) is 7.11 Å². The first-order chi connectivity index (χ1) is 17.0. The number of esters is 1. The number of carbonyl (C=O) groups is 2. The lowest BCUT2D eigenvalue weighted by Gasteiger charge is -2.29. The fourth-order valence-corrected chi connectivity index (χ4v) is 5.01. The molecule has 2 aliphatic carbocycles. The van der Waals surface area contributed by atoms with Crippen molar-refractivity contribution in [2.45, 2.75) is 57.2 Å². The first kappa shape index (κ1) is 23.2. The summed E-state index contributed by atoms with van der Waals surface area (Å²) >= 11 is 0. The van der Waals surface area contributed by atoms with Gasteiger partial charge in [-0.25, -0.2) is 4.79 Å². The average Bonchev–Trinajstić information content (AvgIpc) is 3.73. The molecule has 6 nitrogen and oxygen atoms in total. The normalized spacial score (nSPS) is 19.8. The average molecular weight is 475 g/mol. The molecule has 35 heavy (non-hydrogen) atoms. The van der Waals surface area contributed by atoms with Crippen LogP contribution in [0.1, 0.15) is 65.9 Å². The maximum atomic E-state index is 12.8. The van der Waals surface area contributed by atoms with Crippen molar-refractivity contribution in [3.8, 4) is 11.5 Å². The zero-order valence-electron chi connectivity index (χ0n) is 19.9. The molecule has 2 aliphatic rings. The SMILES string of the molecule is COc1cc(C2CC2)c(OC2CCC(C(=O)OCc3cccc4ccccc34)CC2)cc1C(=O)O. The number of rotatable bonds is 8. The zero-order chi connectivity index (χ0) is 24.4. The summed E-state index contributed by atoms with van der Waals surface area (Å²) in [7, 11) is 1.49. The Balaban J connectivity index is 1.19. The summed E-state index contributed by atoms with van der Waals surface area (Å²) in [5.74, 6) is 0.0525. The van der Waals surface area contributed by atoms with Gasteiger partial charge in [0.15, 0.2) is 0 Å². The Morgan fingerprint density at radius 3 is 2.37 bits per heavy atom. The van der Waals surface area contributed by atoms with Crippen LogP contribution in [0.2, 0.25) is 0 Å². The Kier molecular flexibility index (Phi) is 6.62. The van der Waals surface area contributed by atoms with Crippen LogP contribution < -0.4 is 9.47 Å². The molecule has 0 aromatic heterocycles. The van der Waals surface area contributed by atoms with E-state index < -0.39 is 5.97 Å². The smallest absolute Gasteiger partial charge is 0.339 e. The lowest BCUT2D eigenvalue weighted by molar-refractivity contribution is -0.151. The van der Waals surface area contributed by atoms with E-state index in [-0.39, 0.29) is 30.2 Å². The summed E-state index contributed by atoms with van der Waals surface area (Å²) in [6.45, 7) is 0.269. The number of aromatic carboxylic acids is 1. The van der Waals surface area contributed by atoms with Gasteiger partial charge in [-0.2, -0.15) is 0 Å². The van der Waals surface area contributed by atoms with E-state index in [1.807, 2.05) is 36.4 Å². The fourth-order valence-electron chi connectivity index (χ4n) is 5.01. The van der Waals surface area contributed by atoms with Crippen molar-refractivity contribution in [3.63, 3.8) is 0 Å². The van der Waals surface area contributed by atoms with E-state index in [0.29, 0.717) is 30.3 Å². The summed E-state index contributed by atoms with van der Waals surface area (Å²) in [5, 5.41) is 11.8. The zero-order valence-corrected chi connectivity index (χ0v) is 19.9. The molecule has 0 amide bonds. The van der Waals surface area contributed by atoms with Crippen LogP contribution in [-0.2, 0) is 16.1 Å². The van der Waals surface area contributed by atoms with Gasteiger partial charge >= 0.3 is 11.9 Å². The lowest BCUT2D eigenvalue weighted by Crippen LogP contribution is -2.29. The third kappa shape index (κ3) is 5.11. The van der Waals surface area contributed by atoms with Gasteiger partial charge in [-0.05, 0) is 72.9 Å². The largest absolute Gasteiger partial charge is 0.496 e. The van der Waals surface area contributed by atoms with Crippen molar-refractivity contribution in [1.29, 1.82) is 0 Å². The maximum Gasteiger partial charge on any atom is 0.339 e. The molecular weight excluding hydrogens is 444 g/mol. The van der Waals surface area contributed by atoms with Crippen LogP contribution in [0.5, 0.6) is 11.5 Å². The van der Waals surface area contributed by atoms with Gasteiger partial charge in [0.25, 0.3) is 0 Å². The highest BCUT2D eigenvalue weighted by molar-refractivity contribution is 5.92. The molecule has 0 heterocycles. The molecule has 0 aliphatic heterocycles. The molecule has 0 radical (unpaired) electrons. The Hall–Kier alpha value is -3.54. The van der Waals surface area contributed by atoms with Gasteiger partial charge in [-0.15, -0.1) is 0 Å². The minimum absolute atomic E-state index is 0.0512. The lowest BCUT2D eigenvalue weighted by atomic mass is 9.87. The molecule has 182 valence electrons. The van der Waals surface area contributed by atoms with Gasteiger partial charge in [-0.1, -0.05) is 42.5 Å². The molecule has 3 aromatic rings. The summed E-state index contributed by atoms with van der Waals surface area (Å²) in [6, 6.07) is 17.5. The molecule has 2 saturated carbocycles. The number of fused-ring (bicyclic) bond motifs is 1. The number of hydrogen-bond acceptors (Lipinski definition) is 5. The van der Waals surface area contributed by atoms with Crippen LogP contribution >= 0.6 is 0 Å². The Morgan fingerprint density at radius 2 is 1.66 bits per heavy atom. The predicted octanol–water partition coefficient (Wildman–Crippen LogP) is 6.11. The van der Waals surface area contributed by atoms with Gasteiger partial charge in [0.1, 0.15) is 23.7 Å². The van der Waals surface area contributed by atoms with E-state index in [0.717, 1.165) is 47.6 Å². The molecule has 5 rings (SSSR count). The van der Waals surface area contributed by atoms with Crippen LogP contribution in [0.15, 0.2) is 54.6 Å². The molecule has 2 fully saturated rings. The number of benzene rings is 3. The highest BCUT2D eigenvalue weighted by atomic mass is 16.5. The summed E-state index contributed by atoms with van der Waals surface area (Å²) < 4.78 is 17.3. The van der Waals surface area contributed by atoms with Crippen LogP contribution in [0.4, 0.5) is 0 Å². The summed E-state index contributed by atoms with van der Waals surface area (Å²) in [6.07, 6.45) is 4.94. The minimum Gasteiger partial charge on any atom is -0.496 e. The molecule has 0 saturated heterocycles. The number of methoxy groups -OCH3 is 1. The third-order valence-electron chi connectivity index (χ3n) is 7.13. The monoisotopic (exact) mass is 474 g/mol. The number of carboxylic acid groups (broad SMARTS) is 1. The van der Waals surface area contributed by atoms with Gasteiger partial charge in [0.05, 0.1) is 19.1 Å². The number of carboxylic acids is 1. The summed E-state index contributed by atoms with van der Waals surface area (Å²) in [5.41, 5.74) is 2.14. The van der Waals surface area contributed by atoms with Crippen LogP contribution in [0.25, 0.3) is 10.8 Å². The van der Waals surface area contributed by atoms with Crippen molar-refractivity contribution in [2.24, 2.45) is 5.92 Å². The number of hydrogen-bond donors (Lipinski definition) is 1. The first-order valence-corrected chi connectivity index (χ1v) is 12.3. The molecule has 0 unspecified atom stereocenters. The van der Waals surface area contributed by atoms with Gasteiger partial charge in [0, 0.05) is 5.56 Å². The van der Waals surface area contributed by atoms with Gasteiger partial charge in [0.2, 0.25) is 0 Å². The number of ether oxygens (including phenoxy) is 3. The van der Waals surface area contributed by atoms with Gasteiger partial charge < -0.3 is 19.3 Å². The quantitative estimate of drug-likeness (QED) is 0.397. The Bertz CT molecular complexity index is 1230. The molecule has 0 spiro atoms. The topological polar surface area (TPSA) is 82.1 Å². The van der Waals surface area contributed by atoms with E-state index in [2.05, 4.69) is 12.1 Å². The van der Waals surface area contributed by atoms with Crippen molar-refractivity contribution in [3.05, 3.63) is 71.3 Å². The van der Waals surface area contributed by atoms with E-state index in [4.69, 9.17) is 14.2 Å². The molecular formula is C29H30O6. The highest BCUT2D eigenvalue weighted by Crippen LogP contribution is 2.47. The van der Waals surface area contributed by atoms with E-state index in [1.54, 1.807) is 6.07 Å². The van der Waals surface area contributed by atoms with E-state index in [9.17, 15) is 14.7 Å². The van der Waals surface area contributed by atoms with Crippen molar-refractivity contribution < 1.29 is 28.9 Å².